The van der Waals surface area contributed by atoms with Crippen molar-refractivity contribution in [2.75, 3.05) is 11.6 Å². The highest BCUT2D eigenvalue weighted by molar-refractivity contribution is 7.89. The Bertz CT molecular complexity index is 977. The largest absolute Gasteiger partial charge is 0.449 e. The van der Waals surface area contributed by atoms with Gasteiger partial charge in [0, 0.05) is 11.9 Å². The smallest absolute Gasteiger partial charge is 0.338 e. The van der Waals surface area contributed by atoms with Gasteiger partial charge in [0.25, 0.3) is 5.91 Å². The Labute approximate surface area is 161 Å². The molecule has 2 aromatic rings. The predicted octanol–water partition coefficient (Wildman–Crippen LogP) is 3.21. The lowest BCUT2D eigenvalue weighted by Crippen LogP contribution is -2.30. The first-order valence-electron chi connectivity index (χ1n) is 7.79. The van der Waals surface area contributed by atoms with Gasteiger partial charge in [-0.25, -0.2) is 17.6 Å². The van der Waals surface area contributed by atoms with E-state index in [1.165, 1.54) is 37.3 Å². The number of sulfone groups is 1. The van der Waals surface area contributed by atoms with E-state index in [0.717, 1.165) is 12.3 Å². The van der Waals surface area contributed by atoms with Crippen LogP contribution in [0.15, 0.2) is 42.5 Å². The van der Waals surface area contributed by atoms with Crippen LogP contribution in [0.2, 0.25) is 5.02 Å². The van der Waals surface area contributed by atoms with Crippen molar-refractivity contribution in [1.82, 2.24) is 0 Å². The number of nitrogens with one attached hydrogen (secondary N) is 1. The molecule has 2 rings (SSSR count). The standard InChI is InChI=1S/C18H17ClFNO5S/c1-11(17(22)21-14-6-7-16(20)15(19)9-14)26-18(23)13-5-3-4-12(8-13)10-27(2,24)25/h3-9,11H,10H2,1-2H3,(H,21,22)/t11-/m1/s1. The summed E-state index contributed by atoms with van der Waals surface area (Å²) in [7, 11) is -3.25. The zero-order valence-electron chi connectivity index (χ0n) is 14.5. The van der Waals surface area contributed by atoms with Crippen molar-refractivity contribution in [2.24, 2.45) is 0 Å². The molecule has 2 aromatic carbocycles. The summed E-state index contributed by atoms with van der Waals surface area (Å²) in [5.41, 5.74) is 0.815. The number of carbonyl (C=O) groups is 2. The lowest BCUT2D eigenvalue weighted by Gasteiger charge is -2.14. The molecule has 0 heterocycles. The highest BCUT2D eigenvalue weighted by Gasteiger charge is 2.20. The molecule has 0 unspecified atom stereocenters. The summed E-state index contributed by atoms with van der Waals surface area (Å²) in [5, 5.41) is 2.31. The van der Waals surface area contributed by atoms with E-state index in [1.807, 2.05) is 0 Å². The van der Waals surface area contributed by atoms with Gasteiger partial charge in [0.1, 0.15) is 5.82 Å². The van der Waals surface area contributed by atoms with Crippen LogP contribution in [0.1, 0.15) is 22.8 Å². The van der Waals surface area contributed by atoms with Crippen LogP contribution in [-0.4, -0.2) is 32.7 Å². The number of hydrogen-bond donors (Lipinski definition) is 1. The molecule has 0 radical (unpaired) electrons. The fourth-order valence-corrected chi connectivity index (χ4v) is 3.16. The maximum Gasteiger partial charge on any atom is 0.338 e. The quantitative estimate of drug-likeness (QED) is 0.734. The van der Waals surface area contributed by atoms with E-state index in [9.17, 15) is 22.4 Å². The lowest BCUT2D eigenvalue weighted by atomic mass is 10.1. The average molecular weight is 414 g/mol. The van der Waals surface area contributed by atoms with Crippen molar-refractivity contribution >= 4 is 39.0 Å². The number of amides is 1. The maximum atomic E-state index is 13.1. The molecule has 0 aromatic heterocycles. The molecule has 0 aliphatic carbocycles. The molecule has 144 valence electrons. The van der Waals surface area contributed by atoms with E-state index in [2.05, 4.69) is 5.32 Å². The van der Waals surface area contributed by atoms with Gasteiger partial charge < -0.3 is 10.1 Å². The minimum Gasteiger partial charge on any atom is -0.449 e. The number of hydrogen-bond acceptors (Lipinski definition) is 5. The highest BCUT2D eigenvalue weighted by Crippen LogP contribution is 2.19. The topological polar surface area (TPSA) is 89.5 Å². The molecular weight excluding hydrogens is 397 g/mol. The Kier molecular flexibility index (Phi) is 6.56. The third-order valence-electron chi connectivity index (χ3n) is 3.43. The van der Waals surface area contributed by atoms with Gasteiger partial charge >= 0.3 is 5.97 Å². The molecule has 1 N–H and O–H groups in total. The van der Waals surface area contributed by atoms with Gasteiger partial charge in [-0.05, 0) is 42.8 Å². The number of carbonyl (C=O) groups excluding carboxylic acids is 2. The fraction of sp³-hybridized carbons (Fsp3) is 0.222. The van der Waals surface area contributed by atoms with E-state index >= 15 is 0 Å². The third-order valence-corrected chi connectivity index (χ3v) is 4.58. The number of anilines is 1. The van der Waals surface area contributed by atoms with E-state index in [-0.39, 0.29) is 22.0 Å². The van der Waals surface area contributed by atoms with E-state index < -0.39 is 33.6 Å². The second kappa shape index (κ2) is 8.49. The van der Waals surface area contributed by atoms with Crippen LogP contribution < -0.4 is 5.32 Å². The Morgan fingerprint density at radius 3 is 2.56 bits per heavy atom. The minimum atomic E-state index is -3.25. The molecule has 1 atom stereocenters. The van der Waals surface area contributed by atoms with Crippen molar-refractivity contribution in [3.05, 3.63) is 64.4 Å². The molecule has 0 aliphatic heterocycles. The Morgan fingerprint density at radius 2 is 1.93 bits per heavy atom. The van der Waals surface area contributed by atoms with Crippen LogP contribution in [0, 0.1) is 5.82 Å². The van der Waals surface area contributed by atoms with Gasteiger partial charge in [-0.3, -0.25) is 4.79 Å². The lowest BCUT2D eigenvalue weighted by molar-refractivity contribution is -0.123. The number of esters is 1. The Hall–Kier alpha value is -2.45. The molecule has 0 saturated carbocycles. The predicted molar refractivity (Wildman–Crippen MR) is 99.9 cm³/mol. The SMILES string of the molecule is C[C@@H](OC(=O)c1cccc(CS(C)(=O)=O)c1)C(=O)Nc1ccc(F)c(Cl)c1. The summed E-state index contributed by atoms with van der Waals surface area (Å²) in [6.07, 6.45) is -0.0496. The van der Waals surface area contributed by atoms with Crippen LogP contribution in [-0.2, 0) is 25.1 Å². The summed E-state index contributed by atoms with van der Waals surface area (Å²) in [4.78, 5) is 24.3. The summed E-state index contributed by atoms with van der Waals surface area (Å²) >= 11 is 5.65. The van der Waals surface area contributed by atoms with Crippen LogP contribution in [0.3, 0.4) is 0 Å². The van der Waals surface area contributed by atoms with Crippen LogP contribution in [0.5, 0.6) is 0 Å². The molecule has 0 saturated heterocycles. The number of rotatable bonds is 6. The van der Waals surface area contributed by atoms with Gasteiger partial charge in [-0.1, -0.05) is 23.7 Å². The molecule has 0 aliphatic rings. The molecule has 1 amide bonds. The molecule has 27 heavy (non-hydrogen) atoms. The van der Waals surface area contributed by atoms with E-state index in [0.29, 0.717) is 5.56 Å². The first-order valence-corrected chi connectivity index (χ1v) is 10.2. The second-order valence-electron chi connectivity index (χ2n) is 5.94. The zero-order chi connectivity index (χ0) is 20.2. The van der Waals surface area contributed by atoms with Crippen molar-refractivity contribution in [2.45, 2.75) is 18.8 Å². The summed E-state index contributed by atoms with van der Waals surface area (Å²) in [5.74, 6) is -2.23. The monoisotopic (exact) mass is 413 g/mol. The van der Waals surface area contributed by atoms with Crippen molar-refractivity contribution < 1.29 is 27.1 Å². The molecule has 0 spiro atoms. The molecular formula is C18H17ClFNO5S. The molecule has 6 nitrogen and oxygen atoms in total. The number of halogens is 2. The van der Waals surface area contributed by atoms with Crippen molar-refractivity contribution in [3.63, 3.8) is 0 Å². The minimum absolute atomic E-state index is 0.126. The average Bonchev–Trinajstić information content (AvgIpc) is 2.56. The maximum absolute atomic E-state index is 13.1. The van der Waals surface area contributed by atoms with Gasteiger partial charge in [-0.2, -0.15) is 0 Å². The fourth-order valence-electron chi connectivity index (χ4n) is 2.19. The molecule has 0 fully saturated rings. The van der Waals surface area contributed by atoms with Gasteiger partial charge in [0.15, 0.2) is 15.9 Å². The normalized spacial score (nSPS) is 12.3. The first-order chi connectivity index (χ1) is 12.5. The summed E-state index contributed by atoms with van der Waals surface area (Å²) < 4.78 is 41.0. The zero-order valence-corrected chi connectivity index (χ0v) is 16.1. The van der Waals surface area contributed by atoms with Gasteiger partial charge in [0.05, 0.1) is 16.3 Å². The van der Waals surface area contributed by atoms with Crippen molar-refractivity contribution in [1.29, 1.82) is 0 Å². The van der Waals surface area contributed by atoms with E-state index in [1.54, 1.807) is 6.07 Å². The van der Waals surface area contributed by atoms with Gasteiger partial charge in [-0.15, -0.1) is 0 Å². The summed E-state index contributed by atoms with van der Waals surface area (Å²) in [6, 6.07) is 9.61. The van der Waals surface area contributed by atoms with Gasteiger partial charge in [0.2, 0.25) is 0 Å². The molecule has 0 bridgehead atoms. The molecule has 9 heteroatoms. The number of ether oxygens (including phenoxy) is 1. The second-order valence-corrected chi connectivity index (χ2v) is 8.48. The third kappa shape index (κ3) is 6.33. The Balaban J connectivity index is 2.03. The Morgan fingerprint density at radius 1 is 1.22 bits per heavy atom. The number of benzene rings is 2. The van der Waals surface area contributed by atoms with Crippen LogP contribution >= 0.6 is 11.6 Å². The first kappa shape index (κ1) is 20.9. The summed E-state index contributed by atoms with van der Waals surface area (Å²) in [6.45, 7) is 1.37. The van der Waals surface area contributed by atoms with E-state index in [4.69, 9.17) is 16.3 Å². The van der Waals surface area contributed by atoms with Crippen LogP contribution in [0.4, 0.5) is 10.1 Å². The highest BCUT2D eigenvalue weighted by atomic mass is 35.5. The van der Waals surface area contributed by atoms with Crippen LogP contribution in [0.25, 0.3) is 0 Å². The van der Waals surface area contributed by atoms with Crippen molar-refractivity contribution in [3.8, 4) is 0 Å².